The minimum atomic E-state index is 0.689. The Balaban J connectivity index is 1.44. The summed E-state index contributed by atoms with van der Waals surface area (Å²) in [6.07, 6.45) is 2.00. The van der Waals surface area contributed by atoms with E-state index in [0.717, 1.165) is 47.1 Å². The molecule has 1 heterocycles. The molecule has 0 saturated heterocycles. The van der Waals surface area contributed by atoms with Gasteiger partial charge in [-0.15, -0.1) is 0 Å². The monoisotopic (exact) mass is 376 g/mol. The van der Waals surface area contributed by atoms with Gasteiger partial charge in [0.2, 0.25) is 0 Å². The maximum absolute atomic E-state index is 5.90. The van der Waals surface area contributed by atoms with Crippen molar-refractivity contribution in [1.29, 1.82) is 0 Å². The van der Waals surface area contributed by atoms with Crippen molar-refractivity contribution < 1.29 is 4.74 Å². The Bertz CT molecular complexity index is 1010. The van der Waals surface area contributed by atoms with Crippen LogP contribution in [0.5, 0.6) is 5.75 Å². The molecule has 0 N–H and O–H groups in total. The van der Waals surface area contributed by atoms with E-state index >= 15 is 0 Å². The van der Waals surface area contributed by atoms with Crippen molar-refractivity contribution in [2.24, 2.45) is 0 Å². The number of para-hydroxylation sites is 2. The lowest BCUT2D eigenvalue weighted by Crippen LogP contribution is -2.04. The summed E-state index contributed by atoms with van der Waals surface area (Å²) in [4.78, 5) is 4.86. The number of benzene rings is 3. The molecule has 0 aliphatic carbocycles. The molecule has 4 aromatic rings. The molecule has 136 valence electrons. The lowest BCUT2D eigenvalue weighted by molar-refractivity contribution is 0.303. The average Bonchev–Trinajstić information content (AvgIpc) is 3.08. The first-order valence-electron chi connectivity index (χ1n) is 9.20. The number of rotatable bonds is 7. The number of hydrogen-bond acceptors (Lipinski definition) is 2. The Morgan fingerprint density at radius 2 is 1.56 bits per heavy atom. The van der Waals surface area contributed by atoms with Crippen LogP contribution in [0.4, 0.5) is 0 Å². The summed E-state index contributed by atoms with van der Waals surface area (Å²) in [6, 6.07) is 26.2. The standard InChI is InChI=1S/C23H21ClN2O/c24-19-12-14-20(15-13-19)27-17-7-6-16-26-22-11-5-4-10-21(22)25-23(26)18-8-2-1-3-9-18/h1-5,8-15H,6-7,16-17H2. The van der Waals surface area contributed by atoms with Gasteiger partial charge in [-0.25, -0.2) is 4.98 Å². The molecule has 0 fully saturated rings. The van der Waals surface area contributed by atoms with E-state index in [1.165, 1.54) is 5.52 Å². The van der Waals surface area contributed by atoms with Crippen LogP contribution in [0.2, 0.25) is 5.02 Å². The van der Waals surface area contributed by atoms with E-state index in [4.69, 9.17) is 21.3 Å². The second-order valence-corrected chi connectivity index (χ2v) is 6.89. The first kappa shape index (κ1) is 17.6. The summed E-state index contributed by atoms with van der Waals surface area (Å²) < 4.78 is 8.11. The normalized spacial score (nSPS) is 11.0. The van der Waals surface area contributed by atoms with Crippen LogP contribution in [0.15, 0.2) is 78.9 Å². The fraction of sp³-hybridized carbons (Fsp3) is 0.174. The van der Waals surface area contributed by atoms with Gasteiger partial charge in [-0.1, -0.05) is 54.1 Å². The van der Waals surface area contributed by atoms with Gasteiger partial charge in [0.05, 0.1) is 17.6 Å². The minimum absolute atomic E-state index is 0.689. The van der Waals surface area contributed by atoms with Crippen LogP contribution in [0.3, 0.4) is 0 Å². The first-order chi connectivity index (χ1) is 13.3. The Kier molecular flexibility index (Phi) is 5.40. The molecule has 0 unspecified atom stereocenters. The Morgan fingerprint density at radius 1 is 0.815 bits per heavy atom. The predicted molar refractivity (Wildman–Crippen MR) is 111 cm³/mol. The van der Waals surface area contributed by atoms with Crippen molar-refractivity contribution in [3.63, 3.8) is 0 Å². The molecule has 4 heteroatoms. The summed E-state index contributed by atoms with van der Waals surface area (Å²) in [7, 11) is 0. The molecule has 0 amide bonds. The third kappa shape index (κ3) is 4.15. The van der Waals surface area contributed by atoms with Gasteiger partial charge in [0.1, 0.15) is 11.6 Å². The highest BCUT2D eigenvalue weighted by Gasteiger charge is 2.11. The van der Waals surface area contributed by atoms with E-state index in [9.17, 15) is 0 Å². The summed E-state index contributed by atoms with van der Waals surface area (Å²) in [5, 5.41) is 0.725. The second kappa shape index (κ2) is 8.28. The number of hydrogen-bond donors (Lipinski definition) is 0. The zero-order valence-corrected chi connectivity index (χ0v) is 15.8. The summed E-state index contributed by atoms with van der Waals surface area (Å²) in [5.74, 6) is 1.88. The molecule has 0 saturated carbocycles. The lowest BCUT2D eigenvalue weighted by Gasteiger charge is -2.10. The van der Waals surface area contributed by atoms with Crippen LogP contribution in [0, 0.1) is 0 Å². The smallest absolute Gasteiger partial charge is 0.141 e. The molecule has 0 spiro atoms. The molecule has 3 aromatic carbocycles. The van der Waals surface area contributed by atoms with Crippen LogP contribution in [0.25, 0.3) is 22.4 Å². The molecular weight excluding hydrogens is 356 g/mol. The van der Waals surface area contributed by atoms with Crippen molar-refractivity contribution in [2.45, 2.75) is 19.4 Å². The molecule has 4 rings (SSSR count). The quantitative estimate of drug-likeness (QED) is 0.358. The van der Waals surface area contributed by atoms with Crippen LogP contribution < -0.4 is 4.74 Å². The van der Waals surface area contributed by atoms with E-state index in [1.54, 1.807) is 0 Å². The largest absolute Gasteiger partial charge is 0.494 e. The summed E-state index contributed by atoms with van der Waals surface area (Å²) in [5.41, 5.74) is 3.36. The Morgan fingerprint density at radius 3 is 2.37 bits per heavy atom. The number of imidazole rings is 1. The average molecular weight is 377 g/mol. The molecule has 0 aliphatic heterocycles. The highest BCUT2D eigenvalue weighted by Crippen LogP contribution is 2.25. The SMILES string of the molecule is Clc1ccc(OCCCCn2c(-c3ccccc3)nc3ccccc32)cc1. The highest BCUT2D eigenvalue weighted by molar-refractivity contribution is 6.30. The second-order valence-electron chi connectivity index (χ2n) is 6.45. The maximum Gasteiger partial charge on any atom is 0.141 e. The van der Waals surface area contributed by atoms with Gasteiger partial charge in [-0.2, -0.15) is 0 Å². The van der Waals surface area contributed by atoms with Crippen molar-refractivity contribution in [3.8, 4) is 17.1 Å². The molecule has 27 heavy (non-hydrogen) atoms. The third-order valence-electron chi connectivity index (χ3n) is 4.54. The molecule has 0 bridgehead atoms. The van der Waals surface area contributed by atoms with Gasteiger partial charge in [0.25, 0.3) is 0 Å². The summed E-state index contributed by atoms with van der Waals surface area (Å²) in [6.45, 7) is 1.60. The fourth-order valence-electron chi connectivity index (χ4n) is 3.20. The number of aryl methyl sites for hydroxylation is 1. The van der Waals surface area contributed by atoms with Gasteiger partial charge in [-0.3, -0.25) is 0 Å². The number of nitrogens with zero attached hydrogens (tertiary/aromatic N) is 2. The van der Waals surface area contributed by atoms with Crippen molar-refractivity contribution in [3.05, 3.63) is 83.9 Å². The van der Waals surface area contributed by atoms with Crippen LogP contribution in [-0.4, -0.2) is 16.2 Å². The number of halogens is 1. The van der Waals surface area contributed by atoms with Crippen molar-refractivity contribution in [2.75, 3.05) is 6.61 Å². The minimum Gasteiger partial charge on any atom is -0.494 e. The number of ether oxygens (including phenoxy) is 1. The zero-order chi connectivity index (χ0) is 18.5. The van der Waals surface area contributed by atoms with Gasteiger partial charge < -0.3 is 9.30 Å². The van der Waals surface area contributed by atoms with E-state index in [0.29, 0.717) is 6.61 Å². The van der Waals surface area contributed by atoms with Gasteiger partial charge in [-0.05, 0) is 49.2 Å². The maximum atomic E-state index is 5.90. The lowest BCUT2D eigenvalue weighted by atomic mass is 10.2. The van der Waals surface area contributed by atoms with E-state index in [1.807, 2.05) is 36.4 Å². The van der Waals surface area contributed by atoms with E-state index in [2.05, 4.69) is 47.0 Å². The summed E-state index contributed by atoms with van der Waals surface area (Å²) >= 11 is 5.90. The molecular formula is C23H21ClN2O. The predicted octanol–water partition coefficient (Wildman–Crippen LogP) is 6.22. The molecule has 3 nitrogen and oxygen atoms in total. The number of aromatic nitrogens is 2. The zero-order valence-electron chi connectivity index (χ0n) is 15.0. The van der Waals surface area contributed by atoms with Gasteiger partial charge in [0.15, 0.2) is 0 Å². The van der Waals surface area contributed by atoms with Crippen molar-refractivity contribution >= 4 is 22.6 Å². The van der Waals surface area contributed by atoms with Gasteiger partial charge >= 0.3 is 0 Å². The first-order valence-corrected chi connectivity index (χ1v) is 9.58. The van der Waals surface area contributed by atoms with E-state index < -0.39 is 0 Å². The Hall–Kier alpha value is -2.78. The van der Waals surface area contributed by atoms with Crippen LogP contribution in [-0.2, 0) is 6.54 Å². The van der Waals surface area contributed by atoms with Crippen molar-refractivity contribution in [1.82, 2.24) is 9.55 Å². The number of fused-ring (bicyclic) bond motifs is 1. The Labute approximate surface area is 164 Å². The van der Waals surface area contributed by atoms with Crippen LogP contribution >= 0.6 is 11.6 Å². The van der Waals surface area contributed by atoms with Gasteiger partial charge in [0, 0.05) is 17.1 Å². The molecule has 0 atom stereocenters. The highest BCUT2D eigenvalue weighted by atomic mass is 35.5. The fourth-order valence-corrected chi connectivity index (χ4v) is 3.33. The van der Waals surface area contributed by atoms with E-state index in [-0.39, 0.29) is 0 Å². The third-order valence-corrected chi connectivity index (χ3v) is 4.80. The topological polar surface area (TPSA) is 27.1 Å². The number of unbranched alkanes of at least 4 members (excludes halogenated alkanes) is 1. The molecule has 0 aliphatic rings. The molecule has 1 aromatic heterocycles. The molecule has 0 radical (unpaired) electrons. The van der Waals surface area contributed by atoms with Crippen LogP contribution in [0.1, 0.15) is 12.8 Å².